The van der Waals surface area contributed by atoms with Crippen molar-refractivity contribution in [3.63, 3.8) is 0 Å². The smallest absolute Gasteiger partial charge is 0.231 e. The molecule has 7 heteroatoms. The van der Waals surface area contributed by atoms with E-state index in [9.17, 15) is 5.26 Å². The van der Waals surface area contributed by atoms with Crippen molar-refractivity contribution in [2.45, 2.75) is 70.7 Å². The molecular formula is C30H35N3O4. The molecule has 2 aromatic carbocycles. The van der Waals surface area contributed by atoms with Gasteiger partial charge < -0.3 is 19.3 Å². The Hall–Kier alpha value is -3.05. The lowest BCUT2D eigenvalue weighted by molar-refractivity contribution is -0.0821. The molecule has 1 fully saturated rings. The van der Waals surface area contributed by atoms with E-state index < -0.39 is 0 Å². The van der Waals surface area contributed by atoms with Crippen molar-refractivity contribution in [1.29, 1.82) is 6.69 Å². The van der Waals surface area contributed by atoms with Crippen LogP contribution in [-0.2, 0) is 12.8 Å². The Morgan fingerprint density at radius 1 is 1.16 bits per heavy atom. The lowest BCUT2D eigenvalue weighted by Gasteiger charge is -2.60. The number of aliphatic hydroxyl groups excluding tert-OH is 1. The molecule has 0 spiro atoms. The Kier molecular flexibility index (Phi) is 5.47. The highest BCUT2D eigenvalue weighted by Crippen LogP contribution is 2.57. The average molecular weight is 504 g/mol. The first-order valence-corrected chi connectivity index (χ1v) is 13.1. The van der Waals surface area contributed by atoms with Crippen LogP contribution in [0.25, 0.3) is 0 Å². The molecule has 194 valence electrons. The number of rotatable bonds is 5. The van der Waals surface area contributed by atoms with Crippen LogP contribution in [0.5, 0.6) is 17.2 Å². The molecule has 4 aliphatic rings. The molecule has 2 bridgehead atoms. The van der Waals surface area contributed by atoms with Crippen LogP contribution in [0.15, 0.2) is 18.7 Å². The first kappa shape index (κ1) is 23.1. The molecule has 0 radical (unpaired) electrons. The molecule has 1 unspecified atom stereocenters. The lowest BCUT2D eigenvalue weighted by Crippen LogP contribution is -2.68. The summed E-state index contributed by atoms with van der Waals surface area (Å²) in [6, 6.07) is 4.37. The SMILES string of the molecule is [3H]OC[C@H]1c2c(c(OCC=C)c(C)c3c2OCO3)CC2[C@H]3c4c(cc(C)c(C)c4C)C[C@H]([C@H](C#N)N21)N3C. The second-order valence-electron chi connectivity index (χ2n) is 10.9. The molecule has 4 heterocycles. The molecule has 1 saturated heterocycles. The zero-order valence-corrected chi connectivity index (χ0v) is 22.3. The van der Waals surface area contributed by atoms with Gasteiger partial charge in [0.05, 0.1) is 24.8 Å². The van der Waals surface area contributed by atoms with Gasteiger partial charge in [0.2, 0.25) is 8.22 Å². The minimum Gasteiger partial charge on any atom is -0.489 e. The normalized spacial score (nSPS) is 28.0. The summed E-state index contributed by atoms with van der Waals surface area (Å²) in [4.78, 5) is 4.74. The van der Waals surface area contributed by atoms with Gasteiger partial charge in [-0.15, -0.1) is 0 Å². The number of aliphatic hydroxyl groups is 1. The maximum absolute atomic E-state index is 10.6. The average Bonchev–Trinajstić information content (AvgIpc) is 3.39. The second-order valence-corrected chi connectivity index (χ2v) is 10.9. The summed E-state index contributed by atoms with van der Waals surface area (Å²) in [7, 11) is 2.17. The van der Waals surface area contributed by atoms with Crippen LogP contribution in [0.4, 0.5) is 0 Å². The highest BCUT2D eigenvalue weighted by molar-refractivity contribution is 5.66. The zero-order chi connectivity index (χ0) is 26.9. The van der Waals surface area contributed by atoms with E-state index >= 15 is 0 Å². The van der Waals surface area contributed by atoms with Crippen LogP contribution in [0.2, 0.25) is 0 Å². The van der Waals surface area contributed by atoms with Crippen molar-refractivity contribution in [3.05, 3.63) is 63.2 Å². The fraction of sp³-hybridized carbons (Fsp3) is 0.500. The number of nitrogens with zero attached hydrogens (tertiary/aromatic N) is 3. The number of piperazine rings is 1. The maximum atomic E-state index is 10.6. The predicted molar refractivity (Wildman–Crippen MR) is 140 cm³/mol. The number of hydrogen-bond donors (Lipinski definition) is 1. The van der Waals surface area contributed by atoms with Crippen LogP contribution in [0, 0.1) is 39.0 Å². The largest absolute Gasteiger partial charge is 0.489 e. The second kappa shape index (κ2) is 8.76. The molecule has 4 aliphatic heterocycles. The van der Waals surface area contributed by atoms with Crippen molar-refractivity contribution >= 4 is 0 Å². The third kappa shape index (κ3) is 3.22. The van der Waals surface area contributed by atoms with Crippen molar-refractivity contribution in [3.8, 4) is 23.3 Å². The third-order valence-corrected chi connectivity index (χ3v) is 9.29. The molecule has 6 rings (SSSR count). The van der Waals surface area contributed by atoms with Gasteiger partial charge in [-0.3, -0.25) is 9.80 Å². The van der Waals surface area contributed by atoms with E-state index in [1.165, 1.54) is 27.8 Å². The summed E-state index contributed by atoms with van der Waals surface area (Å²) >= 11 is 0. The van der Waals surface area contributed by atoms with E-state index in [0.29, 0.717) is 24.5 Å². The van der Waals surface area contributed by atoms with Gasteiger partial charge in [0.15, 0.2) is 11.5 Å². The van der Waals surface area contributed by atoms with Gasteiger partial charge in [-0.25, -0.2) is 0 Å². The summed E-state index contributed by atoms with van der Waals surface area (Å²) in [5, 5.41) is 15.7. The summed E-state index contributed by atoms with van der Waals surface area (Å²) in [6.45, 7) is 13.1. The monoisotopic (exact) mass is 503 g/mol. The van der Waals surface area contributed by atoms with Crippen LogP contribution in [0.1, 0.15) is 56.6 Å². The molecule has 7 nitrogen and oxygen atoms in total. The Balaban J connectivity index is 1.61. The van der Waals surface area contributed by atoms with Crippen LogP contribution >= 0.6 is 0 Å². The van der Waals surface area contributed by atoms with Gasteiger partial charge in [-0.1, -0.05) is 18.7 Å². The van der Waals surface area contributed by atoms with E-state index in [1.807, 2.05) is 6.92 Å². The van der Waals surface area contributed by atoms with E-state index in [1.54, 1.807) is 6.08 Å². The number of benzene rings is 2. The Morgan fingerprint density at radius 2 is 1.95 bits per heavy atom. The number of nitriles is 1. The maximum Gasteiger partial charge on any atom is 0.231 e. The molecule has 5 atom stereocenters. The predicted octanol–water partition coefficient (Wildman–Crippen LogP) is 3.98. The number of fused-ring (bicyclic) bond motifs is 9. The van der Waals surface area contributed by atoms with Crippen LogP contribution < -0.4 is 14.2 Å². The Bertz CT molecular complexity index is 1370. The van der Waals surface area contributed by atoms with Gasteiger partial charge in [0.25, 0.3) is 0 Å². The molecule has 1 N–H and O–H groups in total. The minimum atomic E-state index is -0.374. The Morgan fingerprint density at radius 3 is 2.68 bits per heavy atom. The molecule has 0 aliphatic carbocycles. The minimum absolute atomic E-state index is 0.0146. The third-order valence-electron chi connectivity index (χ3n) is 9.29. The van der Waals surface area contributed by atoms with Gasteiger partial charge in [-0.05, 0) is 75.4 Å². The fourth-order valence-corrected chi connectivity index (χ4v) is 7.47. The highest BCUT2D eigenvalue weighted by atomic mass is 16.7. The molecule has 0 amide bonds. The number of hydrogen-bond acceptors (Lipinski definition) is 7. The zero-order valence-electron chi connectivity index (χ0n) is 23.3. The molecule has 0 aromatic heterocycles. The van der Waals surface area contributed by atoms with Gasteiger partial charge in [0, 0.05) is 28.8 Å². The first-order valence-electron chi connectivity index (χ1n) is 13.5. The van der Waals surface area contributed by atoms with E-state index in [-0.39, 0.29) is 43.6 Å². The number of aryl methyl sites for hydroxylation is 1. The van der Waals surface area contributed by atoms with E-state index in [4.69, 9.17) is 20.8 Å². The highest BCUT2D eigenvalue weighted by Gasteiger charge is 2.56. The Labute approximate surface area is 220 Å². The van der Waals surface area contributed by atoms with Crippen LogP contribution in [0.3, 0.4) is 0 Å². The molecular weight excluding hydrogens is 466 g/mol. The standard InChI is InChI=1S/C30H35N3O4/c1-7-8-35-28-18(5)29-30(37-14-36-29)26-20(28)11-22-27-25-17(4)16(3)15(2)9-19(25)10-21(32(27)6)23(12-31)33(22)24(26)13-34/h7,9,21-24,27,34H,1,8,10-11,13-14H2,2-6H3/t21-,22?,23+,24+,27+/m1/s1/i34T. The topological polar surface area (TPSA) is 78.2 Å². The van der Waals surface area contributed by atoms with Crippen molar-refractivity contribution in [2.75, 3.05) is 27.1 Å². The summed E-state index contributed by atoms with van der Waals surface area (Å²) in [5.41, 5.74) is 9.55. The van der Waals surface area contributed by atoms with Gasteiger partial charge in [0.1, 0.15) is 18.4 Å². The molecule has 2 aromatic rings. The van der Waals surface area contributed by atoms with Gasteiger partial charge >= 0.3 is 0 Å². The summed E-state index contributed by atoms with van der Waals surface area (Å²) in [6.07, 6.45) is 3.23. The number of ether oxygens (including phenoxy) is 3. The lowest BCUT2D eigenvalue weighted by atomic mass is 9.70. The van der Waals surface area contributed by atoms with Gasteiger partial charge in [-0.2, -0.15) is 5.26 Å². The van der Waals surface area contributed by atoms with Crippen molar-refractivity contribution in [2.24, 2.45) is 0 Å². The fourth-order valence-electron chi connectivity index (χ4n) is 7.47. The summed E-state index contributed by atoms with van der Waals surface area (Å²) < 4.78 is 26.0. The van der Waals surface area contributed by atoms with E-state index in [0.717, 1.165) is 28.9 Å². The molecule has 37 heavy (non-hydrogen) atoms. The summed E-state index contributed by atoms with van der Waals surface area (Å²) in [5.74, 6) is 2.14. The quantitative estimate of drug-likeness (QED) is 0.619. The number of likely N-dealkylation sites (N-methyl/N-ethyl adjacent to an activating group) is 1. The molecule has 0 saturated carbocycles. The van der Waals surface area contributed by atoms with Crippen molar-refractivity contribution in [1.82, 2.24) is 9.80 Å². The van der Waals surface area contributed by atoms with Crippen molar-refractivity contribution < 1.29 is 19.3 Å². The van der Waals surface area contributed by atoms with Crippen LogP contribution in [-0.4, -0.2) is 61.5 Å². The first-order chi connectivity index (χ1) is 18.3. The van der Waals surface area contributed by atoms with E-state index in [2.05, 4.69) is 56.3 Å².